The Morgan fingerprint density at radius 1 is 1.26 bits per heavy atom. The summed E-state index contributed by atoms with van der Waals surface area (Å²) in [6.45, 7) is 3.19. The summed E-state index contributed by atoms with van der Waals surface area (Å²) in [5, 5.41) is 3.68. The molecule has 3 nitrogen and oxygen atoms in total. The maximum Gasteiger partial charge on any atom is 0.0730 e. The van der Waals surface area contributed by atoms with Crippen LogP contribution in [0.5, 0.6) is 0 Å². The third-order valence-electron chi connectivity index (χ3n) is 4.90. The van der Waals surface area contributed by atoms with E-state index in [1.807, 2.05) is 0 Å². The lowest BCUT2D eigenvalue weighted by molar-refractivity contribution is -0.0563. The molecule has 1 saturated carbocycles. The molecule has 102 valence electrons. The maximum atomic E-state index is 5.90. The normalized spacial score (nSPS) is 33.8. The minimum absolute atomic E-state index is 0.512. The second-order valence-electron chi connectivity index (χ2n) is 6.10. The number of rotatable bonds is 2. The molecule has 3 aliphatic rings. The predicted molar refractivity (Wildman–Crippen MR) is 76.5 cm³/mol. The van der Waals surface area contributed by atoms with Gasteiger partial charge in [0.1, 0.15) is 0 Å². The Bertz CT molecular complexity index is 437. The summed E-state index contributed by atoms with van der Waals surface area (Å²) in [5.41, 5.74) is 2.81. The van der Waals surface area contributed by atoms with E-state index in [1.165, 1.54) is 43.5 Å². The third kappa shape index (κ3) is 2.15. The molecule has 1 aromatic carbocycles. The van der Waals surface area contributed by atoms with Gasteiger partial charge in [-0.15, -0.1) is 0 Å². The highest BCUT2D eigenvalue weighted by Gasteiger charge is 2.37. The molecule has 1 saturated heterocycles. The first kappa shape index (κ1) is 11.7. The highest BCUT2D eigenvalue weighted by Crippen LogP contribution is 2.31. The zero-order valence-corrected chi connectivity index (χ0v) is 11.3. The number of hydrogen-bond acceptors (Lipinski definition) is 3. The van der Waals surface area contributed by atoms with Crippen LogP contribution in [-0.2, 0) is 11.2 Å². The monoisotopic (exact) mass is 258 g/mol. The quantitative estimate of drug-likeness (QED) is 0.881. The van der Waals surface area contributed by atoms with Crippen molar-refractivity contribution in [2.24, 2.45) is 0 Å². The molecular weight excluding hydrogens is 236 g/mol. The highest BCUT2D eigenvalue weighted by atomic mass is 16.5. The Hall–Kier alpha value is -1.06. The Labute approximate surface area is 114 Å². The summed E-state index contributed by atoms with van der Waals surface area (Å²) in [4.78, 5) is 2.67. The van der Waals surface area contributed by atoms with Crippen molar-refractivity contribution in [3.05, 3.63) is 29.8 Å². The molecule has 4 rings (SSSR count). The SMILES string of the molecule is c1ccc2c(c1)CC(CN1CCOC3CCCC31)N2. The molecule has 3 atom stereocenters. The van der Waals surface area contributed by atoms with E-state index in [0.29, 0.717) is 18.2 Å². The number of hydrogen-bond donors (Lipinski definition) is 1. The number of fused-ring (bicyclic) bond motifs is 2. The molecular formula is C16H22N2O. The van der Waals surface area contributed by atoms with Crippen molar-refractivity contribution in [3.8, 4) is 0 Å². The summed E-state index contributed by atoms with van der Waals surface area (Å²) < 4.78 is 5.90. The van der Waals surface area contributed by atoms with Crippen molar-refractivity contribution < 1.29 is 4.74 Å². The Kier molecular flexibility index (Phi) is 2.97. The lowest BCUT2D eigenvalue weighted by Crippen LogP contribution is -2.51. The second kappa shape index (κ2) is 4.80. The van der Waals surface area contributed by atoms with Crippen LogP contribution < -0.4 is 5.32 Å². The average Bonchev–Trinajstić information content (AvgIpc) is 3.04. The number of para-hydroxylation sites is 1. The number of ether oxygens (including phenoxy) is 1. The smallest absolute Gasteiger partial charge is 0.0730 e. The number of anilines is 1. The minimum atomic E-state index is 0.512. The van der Waals surface area contributed by atoms with E-state index in [4.69, 9.17) is 4.74 Å². The van der Waals surface area contributed by atoms with Gasteiger partial charge in [-0.1, -0.05) is 18.2 Å². The van der Waals surface area contributed by atoms with Crippen LogP contribution in [0.25, 0.3) is 0 Å². The predicted octanol–water partition coefficient (Wildman–Crippen LogP) is 2.28. The first-order valence-corrected chi connectivity index (χ1v) is 7.60. The van der Waals surface area contributed by atoms with E-state index >= 15 is 0 Å². The first-order valence-electron chi connectivity index (χ1n) is 7.60. The van der Waals surface area contributed by atoms with Crippen molar-refractivity contribution in [2.75, 3.05) is 25.0 Å². The van der Waals surface area contributed by atoms with Crippen LogP contribution in [0, 0.1) is 0 Å². The van der Waals surface area contributed by atoms with Crippen LogP contribution >= 0.6 is 0 Å². The molecule has 2 fully saturated rings. The van der Waals surface area contributed by atoms with Crippen molar-refractivity contribution in [1.29, 1.82) is 0 Å². The van der Waals surface area contributed by atoms with Gasteiger partial charge in [-0.05, 0) is 37.3 Å². The number of morpholine rings is 1. The fourth-order valence-corrected chi connectivity index (χ4v) is 4.00. The van der Waals surface area contributed by atoms with Crippen molar-refractivity contribution >= 4 is 5.69 Å². The molecule has 1 aliphatic carbocycles. The number of nitrogens with zero attached hydrogens (tertiary/aromatic N) is 1. The van der Waals surface area contributed by atoms with Crippen LogP contribution in [0.1, 0.15) is 24.8 Å². The summed E-state index contributed by atoms with van der Waals surface area (Å²) in [6, 6.07) is 9.98. The molecule has 0 radical (unpaired) electrons. The second-order valence-corrected chi connectivity index (χ2v) is 6.10. The van der Waals surface area contributed by atoms with Gasteiger partial charge in [0.2, 0.25) is 0 Å². The Morgan fingerprint density at radius 3 is 3.16 bits per heavy atom. The fraction of sp³-hybridized carbons (Fsp3) is 0.625. The Morgan fingerprint density at radius 2 is 2.21 bits per heavy atom. The van der Waals surface area contributed by atoms with Gasteiger partial charge in [0, 0.05) is 30.9 Å². The average molecular weight is 258 g/mol. The summed E-state index contributed by atoms with van der Waals surface area (Å²) in [6.07, 6.45) is 5.61. The van der Waals surface area contributed by atoms with Gasteiger partial charge in [0.25, 0.3) is 0 Å². The van der Waals surface area contributed by atoms with E-state index < -0.39 is 0 Å². The summed E-state index contributed by atoms with van der Waals surface area (Å²) >= 11 is 0. The fourth-order valence-electron chi connectivity index (χ4n) is 4.00. The van der Waals surface area contributed by atoms with Gasteiger partial charge in [0.15, 0.2) is 0 Å². The van der Waals surface area contributed by atoms with Crippen molar-refractivity contribution in [3.63, 3.8) is 0 Å². The minimum Gasteiger partial charge on any atom is -0.380 e. The van der Waals surface area contributed by atoms with Gasteiger partial charge in [-0.2, -0.15) is 0 Å². The zero-order chi connectivity index (χ0) is 12.7. The molecule has 0 bridgehead atoms. The molecule has 3 heteroatoms. The number of benzene rings is 1. The van der Waals surface area contributed by atoms with Gasteiger partial charge < -0.3 is 10.1 Å². The molecule has 0 aromatic heterocycles. The summed E-state index contributed by atoms with van der Waals surface area (Å²) in [5.74, 6) is 0. The molecule has 2 heterocycles. The maximum absolute atomic E-state index is 5.90. The molecule has 3 unspecified atom stereocenters. The largest absolute Gasteiger partial charge is 0.380 e. The van der Waals surface area contributed by atoms with Crippen LogP contribution in [0.3, 0.4) is 0 Å². The number of nitrogens with one attached hydrogen (secondary N) is 1. The van der Waals surface area contributed by atoms with E-state index in [9.17, 15) is 0 Å². The van der Waals surface area contributed by atoms with Crippen LogP contribution in [-0.4, -0.2) is 42.8 Å². The van der Waals surface area contributed by atoms with Gasteiger partial charge in [-0.3, -0.25) is 4.90 Å². The molecule has 0 amide bonds. The van der Waals surface area contributed by atoms with Gasteiger partial charge >= 0.3 is 0 Å². The lowest BCUT2D eigenvalue weighted by Gasteiger charge is -2.39. The van der Waals surface area contributed by atoms with E-state index in [0.717, 1.165) is 13.2 Å². The topological polar surface area (TPSA) is 24.5 Å². The Balaban J connectivity index is 1.43. The zero-order valence-electron chi connectivity index (χ0n) is 11.3. The van der Waals surface area contributed by atoms with Gasteiger partial charge in [0.05, 0.1) is 12.7 Å². The highest BCUT2D eigenvalue weighted by molar-refractivity contribution is 5.56. The lowest BCUT2D eigenvalue weighted by atomic mass is 10.1. The van der Waals surface area contributed by atoms with E-state index in [-0.39, 0.29) is 0 Å². The molecule has 0 spiro atoms. The summed E-state index contributed by atoms with van der Waals surface area (Å²) in [7, 11) is 0. The molecule has 1 aromatic rings. The van der Waals surface area contributed by atoms with Crippen molar-refractivity contribution in [2.45, 2.75) is 43.9 Å². The van der Waals surface area contributed by atoms with Crippen molar-refractivity contribution in [1.82, 2.24) is 4.90 Å². The van der Waals surface area contributed by atoms with Crippen LogP contribution in [0.2, 0.25) is 0 Å². The molecule has 19 heavy (non-hydrogen) atoms. The molecule has 1 N–H and O–H groups in total. The van der Waals surface area contributed by atoms with E-state index in [1.54, 1.807) is 0 Å². The van der Waals surface area contributed by atoms with Crippen LogP contribution in [0.15, 0.2) is 24.3 Å². The van der Waals surface area contributed by atoms with E-state index in [2.05, 4.69) is 34.5 Å². The van der Waals surface area contributed by atoms with Gasteiger partial charge in [-0.25, -0.2) is 0 Å². The third-order valence-corrected chi connectivity index (χ3v) is 4.90. The standard InChI is InChI=1S/C16H22N2O/c1-2-5-14-12(4-1)10-13(17-14)11-18-8-9-19-16-7-3-6-15(16)18/h1-2,4-5,13,15-17H,3,6-11H2. The van der Waals surface area contributed by atoms with Crippen LogP contribution in [0.4, 0.5) is 5.69 Å². The first-order chi connectivity index (χ1) is 9.40. The molecule has 2 aliphatic heterocycles.